The third-order valence-corrected chi connectivity index (χ3v) is 5.65. The number of benzene rings is 3. The maximum absolute atomic E-state index is 12.1. The minimum Gasteiger partial charge on any atom is -0.497 e. The molecule has 3 aromatic rings. The molecule has 0 fully saturated rings. The molecule has 0 radical (unpaired) electrons. The van der Waals surface area contributed by atoms with Gasteiger partial charge in [-0.25, -0.2) is 5.43 Å². The van der Waals surface area contributed by atoms with Crippen LogP contribution in [0.25, 0.3) is 0 Å². The Morgan fingerprint density at radius 1 is 0.973 bits per heavy atom. The molecule has 3 rings (SSSR count). The number of amides is 2. The molecule has 0 saturated heterocycles. The zero-order valence-electron chi connectivity index (χ0n) is 20.4. The van der Waals surface area contributed by atoms with Crippen molar-refractivity contribution in [1.82, 2.24) is 10.7 Å². The smallest absolute Gasteiger partial charge is 0.251 e. The molecule has 0 heterocycles. The molecule has 8 nitrogen and oxygen atoms in total. The lowest BCUT2D eigenvalue weighted by molar-refractivity contribution is -0.120. The highest BCUT2D eigenvalue weighted by molar-refractivity contribution is 6.35. The second-order valence-corrected chi connectivity index (χ2v) is 8.53. The first-order valence-electron chi connectivity index (χ1n) is 11.5. The minimum absolute atomic E-state index is 0.0729. The zero-order valence-corrected chi connectivity index (χ0v) is 21.9. The van der Waals surface area contributed by atoms with Crippen LogP contribution in [0.2, 0.25) is 10.0 Å². The Morgan fingerprint density at radius 3 is 2.46 bits per heavy atom. The lowest BCUT2D eigenvalue weighted by atomic mass is 10.2. The summed E-state index contributed by atoms with van der Waals surface area (Å²) in [6, 6.07) is 17.2. The van der Waals surface area contributed by atoms with Crippen molar-refractivity contribution < 1.29 is 23.8 Å². The lowest BCUT2D eigenvalue weighted by Crippen LogP contribution is -2.29. The Hall–Kier alpha value is -3.75. The molecule has 194 valence electrons. The average Bonchev–Trinajstić information content (AvgIpc) is 2.89. The van der Waals surface area contributed by atoms with Crippen molar-refractivity contribution in [2.75, 3.05) is 20.3 Å². The number of carbonyl (C=O) groups excluding carboxylic acids is 2. The summed E-state index contributed by atoms with van der Waals surface area (Å²) in [5, 5.41) is 7.75. The number of hydrazone groups is 1. The van der Waals surface area contributed by atoms with E-state index >= 15 is 0 Å². The van der Waals surface area contributed by atoms with E-state index in [4.69, 9.17) is 37.4 Å². The lowest BCUT2D eigenvalue weighted by Gasteiger charge is -2.13. The molecule has 2 N–H and O–H groups in total. The van der Waals surface area contributed by atoms with E-state index in [1.165, 1.54) is 6.21 Å². The van der Waals surface area contributed by atoms with Crippen LogP contribution in [0, 0.1) is 0 Å². The molecule has 0 spiro atoms. The maximum Gasteiger partial charge on any atom is 0.251 e. The van der Waals surface area contributed by atoms with Gasteiger partial charge in [-0.05, 0) is 67.1 Å². The van der Waals surface area contributed by atoms with Gasteiger partial charge in [-0.15, -0.1) is 0 Å². The molecule has 0 bridgehead atoms. The molecule has 0 unspecified atom stereocenters. The number of nitrogens with zero attached hydrogens (tertiary/aromatic N) is 1. The molecule has 2 amide bonds. The predicted molar refractivity (Wildman–Crippen MR) is 144 cm³/mol. The van der Waals surface area contributed by atoms with Crippen molar-refractivity contribution in [3.05, 3.63) is 87.4 Å². The molecule has 0 aliphatic rings. The second-order valence-electron chi connectivity index (χ2n) is 7.69. The normalized spacial score (nSPS) is 10.7. The zero-order chi connectivity index (χ0) is 26.6. The quantitative estimate of drug-likeness (QED) is 0.240. The van der Waals surface area contributed by atoms with Gasteiger partial charge in [0.1, 0.15) is 12.4 Å². The standard InChI is InChI=1S/C27H27Cl2N3O5/c1-3-36-25-14-18(4-11-24(25)37-17-20-5-8-21(28)15-23(20)29)16-31-32-26(33)12-13-30-27(34)19-6-9-22(35-2)10-7-19/h4-11,14-16H,3,12-13,17H2,1-2H3,(H,30,34)(H,32,33). The number of hydrogen-bond acceptors (Lipinski definition) is 6. The first-order valence-corrected chi connectivity index (χ1v) is 12.2. The molecular formula is C27H27Cl2N3O5. The Kier molecular flexibility index (Phi) is 10.6. The van der Waals surface area contributed by atoms with Crippen molar-refractivity contribution in [3.63, 3.8) is 0 Å². The summed E-state index contributed by atoms with van der Waals surface area (Å²) in [5.74, 6) is 1.12. The van der Waals surface area contributed by atoms with Gasteiger partial charge in [-0.3, -0.25) is 9.59 Å². The molecule has 0 saturated carbocycles. The molecular weight excluding hydrogens is 517 g/mol. The third kappa shape index (κ3) is 8.70. The monoisotopic (exact) mass is 543 g/mol. The Bertz CT molecular complexity index is 1250. The van der Waals surface area contributed by atoms with E-state index in [1.807, 2.05) is 6.92 Å². The van der Waals surface area contributed by atoms with E-state index in [1.54, 1.807) is 67.8 Å². The van der Waals surface area contributed by atoms with Gasteiger partial charge in [-0.2, -0.15) is 5.10 Å². The van der Waals surface area contributed by atoms with Crippen LogP contribution in [0.4, 0.5) is 0 Å². The highest BCUT2D eigenvalue weighted by Crippen LogP contribution is 2.30. The van der Waals surface area contributed by atoms with E-state index in [-0.39, 0.29) is 31.4 Å². The summed E-state index contributed by atoms with van der Waals surface area (Å²) in [6.45, 7) is 2.73. The van der Waals surface area contributed by atoms with E-state index in [2.05, 4.69) is 15.8 Å². The van der Waals surface area contributed by atoms with Crippen LogP contribution in [-0.2, 0) is 11.4 Å². The second kappa shape index (κ2) is 14.1. The fraction of sp³-hybridized carbons (Fsp3) is 0.222. The van der Waals surface area contributed by atoms with E-state index in [0.29, 0.717) is 45.0 Å². The van der Waals surface area contributed by atoms with Gasteiger partial charge in [0.25, 0.3) is 5.91 Å². The van der Waals surface area contributed by atoms with Crippen LogP contribution in [0.3, 0.4) is 0 Å². The van der Waals surface area contributed by atoms with Crippen molar-refractivity contribution in [2.45, 2.75) is 20.0 Å². The maximum atomic E-state index is 12.1. The average molecular weight is 544 g/mol. The number of hydrogen-bond donors (Lipinski definition) is 2. The first-order chi connectivity index (χ1) is 17.9. The van der Waals surface area contributed by atoms with Crippen LogP contribution in [0.15, 0.2) is 65.8 Å². The van der Waals surface area contributed by atoms with Crippen molar-refractivity contribution in [1.29, 1.82) is 0 Å². The van der Waals surface area contributed by atoms with Crippen LogP contribution >= 0.6 is 23.2 Å². The van der Waals surface area contributed by atoms with E-state index in [0.717, 1.165) is 5.56 Å². The number of halogens is 2. The molecule has 37 heavy (non-hydrogen) atoms. The molecule has 3 aromatic carbocycles. The van der Waals surface area contributed by atoms with E-state index < -0.39 is 0 Å². The van der Waals surface area contributed by atoms with E-state index in [9.17, 15) is 9.59 Å². The number of ether oxygens (including phenoxy) is 3. The van der Waals surface area contributed by atoms with Gasteiger partial charge in [0.15, 0.2) is 11.5 Å². The highest BCUT2D eigenvalue weighted by Gasteiger charge is 2.09. The van der Waals surface area contributed by atoms with Gasteiger partial charge in [0, 0.05) is 34.1 Å². The van der Waals surface area contributed by atoms with Crippen molar-refractivity contribution in [3.8, 4) is 17.2 Å². The summed E-state index contributed by atoms with van der Waals surface area (Å²) in [6.07, 6.45) is 1.57. The number of rotatable bonds is 12. The topological polar surface area (TPSA) is 98.2 Å². The third-order valence-electron chi connectivity index (χ3n) is 5.06. The van der Waals surface area contributed by atoms with Crippen molar-refractivity contribution in [2.24, 2.45) is 5.10 Å². The highest BCUT2D eigenvalue weighted by atomic mass is 35.5. The van der Waals surface area contributed by atoms with Crippen LogP contribution in [0.1, 0.15) is 34.8 Å². The van der Waals surface area contributed by atoms with Gasteiger partial charge in [-0.1, -0.05) is 29.3 Å². The Labute approximate surface area is 225 Å². The molecule has 0 aliphatic heterocycles. The SMILES string of the molecule is CCOc1cc(C=NNC(=O)CCNC(=O)c2ccc(OC)cc2)ccc1OCc1ccc(Cl)cc1Cl. The van der Waals surface area contributed by atoms with Gasteiger partial charge in [0.2, 0.25) is 5.91 Å². The molecule has 0 aliphatic carbocycles. The van der Waals surface area contributed by atoms with Gasteiger partial charge < -0.3 is 19.5 Å². The van der Waals surface area contributed by atoms with Crippen LogP contribution in [0.5, 0.6) is 17.2 Å². The number of carbonyl (C=O) groups is 2. The fourth-order valence-electron chi connectivity index (χ4n) is 3.16. The van der Waals surface area contributed by atoms with Gasteiger partial charge in [0.05, 0.1) is 19.9 Å². The predicted octanol–water partition coefficient (Wildman–Crippen LogP) is 5.25. The minimum atomic E-state index is -0.337. The summed E-state index contributed by atoms with van der Waals surface area (Å²) in [5.41, 5.74) is 4.42. The first kappa shape index (κ1) is 27.8. The van der Waals surface area contributed by atoms with Crippen LogP contribution < -0.4 is 25.0 Å². The molecule has 10 heteroatoms. The summed E-state index contributed by atoms with van der Waals surface area (Å²) in [7, 11) is 1.55. The Balaban J connectivity index is 1.49. The van der Waals surface area contributed by atoms with Gasteiger partial charge >= 0.3 is 0 Å². The molecule has 0 atom stereocenters. The number of methoxy groups -OCH3 is 1. The van der Waals surface area contributed by atoms with Crippen molar-refractivity contribution >= 4 is 41.2 Å². The largest absolute Gasteiger partial charge is 0.497 e. The summed E-state index contributed by atoms with van der Waals surface area (Å²) in [4.78, 5) is 24.2. The van der Waals surface area contributed by atoms with Crippen LogP contribution in [-0.4, -0.2) is 38.3 Å². The fourth-order valence-corrected chi connectivity index (χ4v) is 3.62. The number of nitrogens with one attached hydrogen (secondary N) is 2. The molecule has 0 aromatic heterocycles. The Morgan fingerprint density at radius 2 is 1.76 bits per heavy atom. The summed E-state index contributed by atoms with van der Waals surface area (Å²) >= 11 is 12.2. The summed E-state index contributed by atoms with van der Waals surface area (Å²) < 4.78 is 16.7.